The summed E-state index contributed by atoms with van der Waals surface area (Å²) >= 11 is 7.51. The Morgan fingerprint density at radius 2 is 2.00 bits per heavy atom. The fraction of sp³-hybridized carbons (Fsp3) is 0.381. The standard InChI is InChI=1S/C21H22ClN5OS/c22-16-12-24-20(25-13-16)27-9-5-17(6-10-27)28-21-26-18-2-1-15(11-19(18)29-21)14-3-7-23-8-4-14/h1-3,11-13,17,23H,4-10H2. The van der Waals surface area contributed by atoms with Crippen LogP contribution in [-0.2, 0) is 0 Å². The van der Waals surface area contributed by atoms with Crippen molar-refractivity contribution in [2.75, 3.05) is 31.1 Å². The number of rotatable bonds is 4. The molecule has 6 nitrogen and oxygen atoms in total. The molecule has 0 spiro atoms. The predicted molar refractivity (Wildman–Crippen MR) is 118 cm³/mol. The number of nitrogens with zero attached hydrogens (tertiary/aromatic N) is 4. The summed E-state index contributed by atoms with van der Waals surface area (Å²) in [5, 5.41) is 4.68. The van der Waals surface area contributed by atoms with Gasteiger partial charge in [-0.15, -0.1) is 0 Å². The SMILES string of the molecule is Clc1cnc(N2CCC(Oc3nc4ccc(C5=CCNCC5)cc4s3)CC2)nc1. The summed E-state index contributed by atoms with van der Waals surface area (Å²) in [7, 11) is 0. The first-order valence-electron chi connectivity index (χ1n) is 9.94. The molecule has 5 rings (SSSR count). The maximum absolute atomic E-state index is 6.22. The van der Waals surface area contributed by atoms with Crippen molar-refractivity contribution in [3.8, 4) is 5.19 Å². The second-order valence-electron chi connectivity index (χ2n) is 7.35. The molecule has 0 aliphatic carbocycles. The van der Waals surface area contributed by atoms with Gasteiger partial charge in [0.1, 0.15) is 6.10 Å². The molecule has 1 N–H and O–H groups in total. The van der Waals surface area contributed by atoms with Crippen molar-refractivity contribution in [3.63, 3.8) is 0 Å². The highest BCUT2D eigenvalue weighted by atomic mass is 35.5. The number of ether oxygens (including phenoxy) is 1. The van der Waals surface area contributed by atoms with Gasteiger partial charge >= 0.3 is 0 Å². The van der Waals surface area contributed by atoms with Gasteiger partial charge in [0.15, 0.2) is 0 Å². The highest BCUT2D eigenvalue weighted by Gasteiger charge is 2.23. The average Bonchev–Trinajstić information content (AvgIpc) is 3.17. The summed E-state index contributed by atoms with van der Waals surface area (Å²) in [6, 6.07) is 6.53. The highest BCUT2D eigenvalue weighted by molar-refractivity contribution is 7.20. The number of piperidine rings is 1. The Labute approximate surface area is 178 Å². The minimum absolute atomic E-state index is 0.172. The maximum Gasteiger partial charge on any atom is 0.274 e. The molecule has 0 saturated carbocycles. The molecule has 0 atom stereocenters. The van der Waals surface area contributed by atoms with Gasteiger partial charge in [-0.3, -0.25) is 0 Å². The minimum atomic E-state index is 0.172. The minimum Gasteiger partial charge on any atom is -0.467 e. The monoisotopic (exact) mass is 427 g/mol. The predicted octanol–water partition coefficient (Wildman–Crippen LogP) is 4.16. The van der Waals surface area contributed by atoms with E-state index < -0.39 is 0 Å². The van der Waals surface area contributed by atoms with Crippen LogP contribution >= 0.6 is 22.9 Å². The number of thiazole rings is 1. The van der Waals surface area contributed by atoms with Crippen molar-refractivity contribution >= 4 is 44.7 Å². The first kappa shape index (κ1) is 18.8. The van der Waals surface area contributed by atoms with Crippen LogP contribution in [0.2, 0.25) is 5.02 Å². The number of benzene rings is 1. The zero-order chi connectivity index (χ0) is 19.6. The number of aromatic nitrogens is 3. The van der Waals surface area contributed by atoms with E-state index in [9.17, 15) is 0 Å². The quantitative estimate of drug-likeness (QED) is 0.674. The molecule has 1 saturated heterocycles. The third-order valence-corrected chi connectivity index (χ3v) is 6.51. The van der Waals surface area contributed by atoms with E-state index in [1.807, 2.05) is 0 Å². The van der Waals surface area contributed by atoms with Crippen LogP contribution in [-0.4, -0.2) is 47.2 Å². The fourth-order valence-electron chi connectivity index (χ4n) is 3.82. The molecule has 0 bridgehead atoms. The van der Waals surface area contributed by atoms with E-state index in [0.717, 1.165) is 62.1 Å². The zero-order valence-corrected chi connectivity index (χ0v) is 17.5. The summed E-state index contributed by atoms with van der Waals surface area (Å²) in [6.45, 7) is 3.72. The average molecular weight is 428 g/mol. The summed E-state index contributed by atoms with van der Waals surface area (Å²) in [6.07, 6.45) is 8.65. The first-order chi connectivity index (χ1) is 14.2. The molecule has 0 unspecified atom stereocenters. The van der Waals surface area contributed by atoms with Crippen LogP contribution < -0.4 is 15.0 Å². The number of halogens is 1. The van der Waals surface area contributed by atoms with Gasteiger partial charge in [-0.2, -0.15) is 0 Å². The fourth-order valence-corrected chi connectivity index (χ4v) is 4.84. The Hall–Kier alpha value is -2.22. The molecule has 0 amide bonds. The van der Waals surface area contributed by atoms with Crippen molar-refractivity contribution < 1.29 is 4.74 Å². The number of hydrogen-bond donors (Lipinski definition) is 1. The van der Waals surface area contributed by atoms with Crippen molar-refractivity contribution in [1.82, 2.24) is 20.3 Å². The van der Waals surface area contributed by atoms with E-state index in [4.69, 9.17) is 21.3 Å². The van der Waals surface area contributed by atoms with Crippen LogP contribution in [0.3, 0.4) is 0 Å². The van der Waals surface area contributed by atoms with Crippen LogP contribution in [0, 0.1) is 0 Å². The lowest BCUT2D eigenvalue weighted by atomic mass is 10.0. The Morgan fingerprint density at radius 1 is 1.17 bits per heavy atom. The molecule has 150 valence electrons. The Kier molecular flexibility index (Phi) is 5.35. The third-order valence-electron chi connectivity index (χ3n) is 5.40. The van der Waals surface area contributed by atoms with Crippen molar-refractivity contribution in [2.45, 2.75) is 25.4 Å². The Bertz CT molecular complexity index is 1030. The van der Waals surface area contributed by atoms with Gasteiger partial charge in [-0.1, -0.05) is 35.1 Å². The van der Waals surface area contributed by atoms with E-state index in [1.165, 1.54) is 15.8 Å². The van der Waals surface area contributed by atoms with Gasteiger partial charge in [-0.25, -0.2) is 15.0 Å². The number of anilines is 1. The summed E-state index contributed by atoms with van der Waals surface area (Å²) in [5.74, 6) is 0.729. The molecule has 4 heterocycles. The molecule has 2 aliphatic rings. The summed E-state index contributed by atoms with van der Waals surface area (Å²) in [4.78, 5) is 15.5. The van der Waals surface area contributed by atoms with Crippen LogP contribution in [0.4, 0.5) is 5.95 Å². The van der Waals surface area contributed by atoms with Crippen molar-refractivity contribution in [3.05, 3.63) is 47.3 Å². The zero-order valence-electron chi connectivity index (χ0n) is 16.0. The molecule has 2 aliphatic heterocycles. The van der Waals surface area contributed by atoms with E-state index >= 15 is 0 Å². The smallest absolute Gasteiger partial charge is 0.274 e. The number of nitrogens with one attached hydrogen (secondary N) is 1. The molecule has 2 aromatic heterocycles. The lowest BCUT2D eigenvalue weighted by Gasteiger charge is -2.31. The van der Waals surface area contributed by atoms with Crippen molar-refractivity contribution in [2.24, 2.45) is 0 Å². The lowest BCUT2D eigenvalue weighted by molar-refractivity contribution is 0.170. The topological polar surface area (TPSA) is 63.2 Å². The molecule has 1 aromatic carbocycles. The largest absolute Gasteiger partial charge is 0.467 e. The van der Waals surface area contributed by atoms with E-state index in [-0.39, 0.29) is 6.10 Å². The van der Waals surface area contributed by atoms with E-state index in [0.29, 0.717) is 5.02 Å². The van der Waals surface area contributed by atoms with Crippen LogP contribution in [0.15, 0.2) is 36.7 Å². The normalized spacial score (nSPS) is 18.1. The second-order valence-corrected chi connectivity index (χ2v) is 8.78. The van der Waals surface area contributed by atoms with Gasteiger partial charge in [0.2, 0.25) is 5.95 Å². The van der Waals surface area contributed by atoms with Crippen molar-refractivity contribution in [1.29, 1.82) is 0 Å². The second kappa shape index (κ2) is 8.26. The Balaban J connectivity index is 1.24. The number of fused-ring (bicyclic) bond motifs is 1. The van der Waals surface area contributed by atoms with E-state index in [1.54, 1.807) is 23.7 Å². The van der Waals surface area contributed by atoms with Gasteiger partial charge in [0, 0.05) is 32.5 Å². The lowest BCUT2D eigenvalue weighted by Crippen LogP contribution is -2.39. The molecule has 1 fully saturated rings. The molecule has 8 heteroatoms. The van der Waals surface area contributed by atoms with Crippen LogP contribution in [0.1, 0.15) is 24.8 Å². The molecule has 0 radical (unpaired) electrons. The van der Waals surface area contributed by atoms with Crippen LogP contribution in [0.5, 0.6) is 5.19 Å². The summed E-state index contributed by atoms with van der Waals surface area (Å²) in [5.41, 5.74) is 3.72. The molecular formula is C21H22ClN5OS. The van der Waals surface area contributed by atoms with Crippen LogP contribution in [0.25, 0.3) is 15.8 Å². The highest BCUT2D eigenvalue weighted by Crippen LogP contribution is 2.33. The first-order valence-corrected chi connectivity index (χ1v) is 11.1. The molecular weight excluding hydrogens is 406 g/mol. The van der Waals surface area contributed by atoms with Gasteiger partial charge in [-0.05, 0) is 36.2 Å². The summed E-state index contributed by atoms with van der Waals surface area (Å²) < 4.78 is 7.41. The molecule has 29 heavy (non-hydrogen) atoms. The van der Waals surface area contributed by atoms with E-state index in [2.05, 4.69) is 44.5 Å². The van der Waals surface area contributed by atoms with Gasteiger partial charge in [0.25, 0.3) is 5.19 Å². The Morgan fingerprint density at radius 3 is 2.76 bits per heavy atom. The third kappa shape index (κ3) is 4.22. The number of hydrogen-bond acceptors (Lipinski definition) is 7. The molecule has 3 aromatic rings. The van der Waals surface area contributed by atoms with Gasteiger partial charge in [0.05, 0.1) is 27.6 Å². The maximum atomic E-state index is 6.22. The van der Waals surface area contributed by atoms with Gasteiger partial charge < -0.3 is 15.0 Å².